The lowest BCUT2D eigenvalue weighted by molar-refractivity contribution is -0.113. The third-order valence-electron chi connectivity index (χ3n) is 6.39. The number of allylic oxidation sites excluding steroid dienone is 1. The van der Waals surface area contributed by atoms with E-state index in [1.165, 1.54) is 28.0 Å². The van der Waals surface area contributed by atoms with E-state index in [0.717, 1.165) is 16.5 Å². The fourth-order valence-electron chi connectivity index (χ4n) is 4.65. The quantitative estimate of drug-likeness (QED) is 0.375. The summed E-state index contributed by atoms with van der Waals surface area (Å²) in [7, 11) is 0. The van der Waals surface area contributed by atoms with Crippen LogP contribution >= 0.6 is 11.3 Å². The van der Waals surface area contributed by atoms with Gasteiger partial charge in [0.2, 0.25) is 0 Å². The third kappa shape index (κ3) is 4.11. The van der Waals surface area contributed by atoms with Crippen molar-refractivity contribution < 1.29 is 9.18 Å². The molecule has 8 heteroatoms. The second-order valence-electron chi connectivity index (χ2n) is 8.74. The van der Waals surface area contributed by atoms with Crippen LogP contribution in [0.3, 0.4) is 0 Å². The Morgan fingerprint density at radius 2 is 1.78 bits per heavy atom. The van der Waals surface area contributed by atoms with Crippen molar-refractivity contribution >= 4 is 39.9 Å². The van der Waals surface area contributed by atoms with Gasteiger partial charge in [-0.1, -0.05) is 59.9 Å². The third-order valence-corrected chi connectivity index (χ3v) is 7.37. The number of benzene rings is 3. The molecule has 0 bridgehead atoms. The number of para-hydroxylation sites is 2. The van der Waals surface area contributed by atoms with Crippen molar-refractivity contribution in [3.05, 3.63) is 133 Å². The van der Waals surface area contributed by atoms with Gasteiger partial charge in [0.1, 0.15) is 5.82 Å². The van der Waals surface area contributed by atoms with Gasteiger partial charge in [-0.05, 0) is 48.9 Å². The van der Waals surface area contributed by atoms with E-state index in [2.05, 4.69) is 15.3 Å². The number of hydrogen-bond acceptors (Lipinski definition) is 4. The number of carbonyl (C=O) groups excluding carboxylic acids is 1. The summed E-state index contributed by atoms with van der Waals surface area (Å²) in [4.78, 5) is 35.7. The summed E-state index contributed by atoms with van der Waals surface area (Å²) in [5.74, 6) is -0.765. The lowest BCUT2D eigenvalue weighted by Gasteiger charge is -2.25. The first-order chi connectivity index (χ1) is 18.0. The van der Waals surface area contributed by atoms with Crippen LogP contribution in [0.1, 0.15) is 24.1 Å². The highest BCUT2D eigenvalue weighted by Crippen LogP contribution is 2.31. The number of aromatic amines is 1. The van der Waals surface area contributed by atoms with Gasteiger partial charge in [-0.3, -0.25) is 14.2 Å². The molecule has 0 saturated heterocycles. The Kier molecular flexibility index (Phi) is 5.65. The highest BCUT2D eigenvalue weighted by molar-refractivity contribution is 7.07. The van der Waals surface area contributed by atoms with Crippen molar-refractivity contribution in [3.8, 4) is 0 Å². The topological polar surface area (TPSA) is 79.2 Å². The molecule has 1 amide bonds. The van der Waals surface area contributed by atoms with Crippen LogP contribution in [0.25, 0.3) is 17.0 Å². The minimum atomic E-state index is -0.759. The smallest absolute Gasteiger partial charge is 0.271 e. The van der Waals surface area contributed by atoms with E-state index < -0.39 is 11.9 Å². The number of fused-ring (bicyclic) bond motifs is 2. The van der Waals surface area contributed by atoms with Crippen molar-refractivity contribution in [2.24, 2.45) is 4.99 Å². The van der Waals surface area contributed by atoms with E-state index in [-0.39, 0.29) is 11.5 Å². The van der Waals surface area contributed by atoms with Crippen molar-refractivity contribution in [1.29, 1.82) is 0 Å². The molecule has 1 atom stereocenters. The van der Waals surface area contributed by atoms with Crippen molar-refractivity contribution in [2.75, 3.05) is 5.32 Å². The second kappa shape index (κ2) is 9.15. The number of aromatic nitrogens is 2. The molecule has 2 N–H and O–H groups in total. The lowest BCUT2D eigenvalue weighted by Crippen LogP contribution is -2.40. The van der Waals surface area contributed by atoms with Crippen molar-refractivity contribution in [2.45, 2.75) is 13.0 Å². The van der Waals surface area contributed by atoms with Crippen LogP contribution < -0.4 is 20.2 Å². The van der Waals surface area contributed by atoms with Crippen LogP contribution in [0.15, 0.2) is 106 Å². The zero-order valence-electron chi connectivity index (χ0n) is 19.7. The average molecular weight is 509 g/mol. The molecule has 0 fully saturated rings. The van der Waals surface area contributed by atoms with Gasteiger partial charge in [-0.25, -0.2) is 9.38 Å². The average Bonchev–Trinajstić information content (AvgIpc) is 3.45. The van der Waals surface area contributed by atoms with E-state index >= 15 is 0 Å². The molecule has 3 aromatic carbocycles. The summed E-state index contributed by atoms with van der Waals surface area (Å²) < 4.78 is 15.8. The highest BCUT2D eigenvalue weighted by atomic mass is 32.1. The van der Waals surface area contributed by atoms with Crippen LogP contribution in [0.2, 0.25) is 0 Å². The molecule has 0 saturated carbocycles. The number of thiazole rings is 1. The number of anilines is 1. The number of nitrogens with one attached hydrogen (secondary N) is 2. The Balaban J connectivity index is 1.52. The van der Waals surface area contributed by atoms with Crippen molar-refractivity contribution in [3.63, 3.8) is 0 Å². The number of rotatable bonds is 4. The van der Waals surface area contributed by atoms with Gasteiger partial charge < -0.3 is 10.3 Å². The summed E-state index contributed by atoms with van der Waals surface area (Å²) in [6.45, 7) is 1.76. The highest BCUT2D eigenvalue weighted by Gasteiger charge is 2.32. The Bertz CT molecular complexity index is 1870. The first-order valence-corrected chi connectivity index (χ1v) is 12.5. The summed E-state index contributed by atoms with van der Waals surface area (Å²) >= 11 is 1.27. The van der Waals surface area contributed by atoms with Gasteiger partial charge in [-0.15, -0.1) is 0 Å². The van der Waals surface area contributed by atoms with Crippen molar-refractivity contribution in [1.82, 2.24) is 9.55 Å². The minimum Gasteiger partial charge on any atom is -0.361 e. The van der Waals surface area contributed by atoms with Crippen LogP contribution in [0, 0.1) is 5.82 Å². The molecule has 182 valence electrons. The van der Waals surface area contributed by atoms with E-state index in [9.17, 15) is 14.0 Å². The summed E-state index contributed by atoms with van der Waals surface area (Å²) in [6, 6.07) is 22.1. The fourth-order valence-corrected chi connectivity index (χ4v) is 5.68. The molecule has 5 aromatic rings. The molecule has 0 spiro atoms. The van der Waals surface area contributed by atoms with E-state index in [0.29, 0.717) is 31.9 Å². The number of nitrogens with zero attached hydrogens (tertiary/aromatic N) is 2. The maximum absolute atomic E-state index is 13.8. The summed E-state index contributed by atoms with van der Waals surface area (Å²) in [5, 5.41) is 3.91. The van der Waals surface area contributed by atoms with Crippen LogP contribution in [0.4, 0.5) is 10.1 Å². The first-order valence-electron chi connectivity index (χ1n) is 11.7. The molecule has 0 unspecified atom stereocenters. The zero-order chi connectivity index (χ0) is 25.5. The molecule has 1 aliphatic heterocycles. The molecule has 3 heterocycles. The fraction of sp³-hybridized carbons (Fsp3) is 0.0690. The molecule has 0 radical (unpaired) electrons. The largest absolute Gasteiger partial charge is 0.361 e. The summed E-state index contributed by atoms with van der Waals surface area (Å²) in [5.41, 5.74) is 3.68. The lowest BCUT2D eigenvalue weighted by atomic mass is 9.95. The molecule has 1 aliphatic rings. The van der Waals surface area contributed by atoms with E-state index in [1.807, 2.05) is 54.7 Å². The number of halogens is 1. The molecule has 2 aromatic heterocycles. The van der Waals surface area contributed by atoms with Gasteiger partial charge in [0.15, 0.2) is 4.80 Å². The van der Waals surface area contributed by atoms with Crippen LogP contribution in [-0.2, 0) is 4.79 Å². The zero-order valence-corrected chi connectivity index (χ0v) is 20.6. The normalized spacial score (nSPS) is 15.5. The Labute approximate surface area is 214 Å². The van der Waals surface area contributed by atoms with E-state index in [1.54, 1.807) is 31.2 Å². The maximum atomic E-state index is 13.8. The predicted molar refractivity (Wildman–Crippen MR) is 144 cm³/mol. The molecular formula is C29H21FN4O2S. The van der Waals surface area contributed by atoms with Gasteiger partial charge in [0, 0.05) is 28.4 Å². The molecule has 0 aliphatic carbocycles. The van der Waals surface area contributed by atoms with Gasteiger partial charge in [0.05, 0.1) is 21.8 Å². The molecule has 6 nitrogen and oxygen atoms in total. The SMILES string of the molecule is CC1=C(C(=O)Nc2ccccc2)[C@@H](c2ccc(F)cc2)n2c(s/c(=C/c3c[nH]c4ccccc34)c2=O)=N1. The minimum absolute atomic E-state index is 0.263. The number of hydrogen-bond donors (Lipinski definition) is 2. The van der Waals surface area contributed by atoms with Crippen LogP contribution in [-0.4, -0.2) is 15.5 Å². The van der Waals surface area contributed by atoms with Crippen LogP contribution in [0.5, 0.6) is 0 Å². The number of amides is 1. The molecular weight excluding hydrogens is 487 g/mol. The molecule has 6 rings (SSSR count). The molecule has 37 heavy (non-hydrogen) atoms. The first kappa shape index (κ1) is 22.9. The second-order valence-corrected chi connectivity index (χ2v) is 9.75. The van der Waals surface area contributed by atoms with Gasteiger partial charge in [-0.2, -0.15) is 0 Å². The number of H-pyrrole nitrogens is 1. The van der Waals surface area contributed by atoms with E-state index in [4.69, 9.17) is 0 Å². The Hall–Kier alpha value is -4.56. The summed E-state index contributed by atoms with van der Waals surface area (Å²) in [6.07, 6.45) is 3.71. The Morgan fingerprint density at radius 1 is 1.05 bits per heavy atom. The van der Waals surface area contributed by atoms with Gasteiger partial charge >= 0.3 is 0 Å². The standard InChI is InChI=1S/C29H21FN4O2S/c1-17-25(27(35)33-21-7-3-2-4-8-21)26(18-11-13-20(30)14-12-18)34-28(36)24(37-29(34)32-17)15-19-16-31-23-10-6-5-9-22(19)23/h2-16,26,31H,1H3,(H,33,35)/b24-15+/t26-/m1/s1. The number of carbonyl (C=O) groups is 1. The Morgan fingerprint density at radius 3 is 2.57 bits per heavy atom. The van der Waals surface area contributed by atoms with Gasteiger partial charge in [0.25, 0.3) is 11.5 Å². The monoisotopic (exact) mass is 508 g/mol. The maximum Gasteiger partial charge on any atom is 0.271 e. The predicted octanol–water partition coefficient (Wildman–Crippen LogP) is 4.49.